The Balaban J connectivity index is 3.04. The Morgan fingerprint density at radius 3 is 3.00 bits per heavy atom. The van der Waals surface area contributed by atoms with Crippen molar-refractivity contribution in [3.05, 3.63) is 35.4 Å². The summed E-state index contributed by atoms with van der Waals surface area (Å²) in [5.41, 5.74) is 1.52. The minimum absolute atomic E-state index is 0.288. The van der Waals surface area contributed by atoms with Gasteiger partial charge in [-0.1, -0.05) is 19.1 Å². The first kappa shape index (κ1) is 8.78. The lowest BCUT2D eigenvalue weighted by molar-refractivity contribution is 0.0599. The Morgan fingerprint density at radius 2 is 2.42 bits per heavy atom. The van der Waals surface area contributed by atoms with Gasteiger partial charge in [-0.05, 0) is 24.1 Å². The average Bonchev–Trinajstić information content (AvgIpc) is 2.16. The Morgan fingerprint density at radius 1 is 1.67 bits per heavy atom. The van der Waals surface area contributed by atoms with Crippen LogP contribution in [0.5, 0.6) is 0 Å². The van der Waals surface area contributed by atoms with Crippen molar-refractivity contribution in [2.75, 3.05) is 7.11 Å². The molecule has 0 atom stereocenters. The molecule has 0 heterocycles. The third kappa shape index (κ3) is 1.64. The van der Waals surface area contributed by atoms with Crippen molar-refractivity contribution in [3.8, 4) is 0 Å². The molecule has 1 radical (unpaired) electrons. The van der Waals surface area contributed by atoms with E-state index in [4.69, 9.17) is 0 Å². The number of hydrogen-bond donors (Lipinski definition) is 0. The molecule has 2 nitrogen and oxygen atoms in total. The average molecular weight is 163 g/mol. The maximum Gasteiger partial charge on any atom is 0.338 e. The number of carbonyl (C=O) groups excluding carboxylic acids is 1. The van der Waals surface area contributed by atoms with Gasteiger partial charge in [-0.25, -0.2) is 4.79 Å². The molecule has 0 aliphatic carbocycles. The van der Waals surface area contributed by atoms with Gasteiger partial charge < -0.3 is 4.74 Å². The topological polar surface area (TPSA) is 26.3 Å². The highest BCUT2D eigenvalue weighted by Gasteiger charge is 2.08. The molecular weight excluding hydrogens is 152 g/mol. The van der Waals surface area contributed by atoms with Crippen molar-refractivity contribution >= 4 is 5.97 Å². The fourth-order valence-corrected chi connectivity index (χ4v) is 1.07. The van der Waals surface area contributed by atoms with Crippen molar-refractivity contribution < 1.29 is 9.53 Å². The zero-order chi connectivity index (χ0) is 8.97. The predicted molar refractivity (Wildman–Crippen MR) is 46.0 cm³/mol. The van der Waals surface area contributed by atoms with Crippen molar-refractivity contribution in [1.82, 2.24) is 0 Å². The van der Waals surface area contributed by atoms with E-state index in [9.17, 15) is 4.79 Å². The van der Waals surface area contributed by atoms with Crippen LogP contribution in [0.1, 0.15) is 22.8 Å². The molecule has 12 heavy (non-hydrogen) atoms. The summed E-state index contributed by atoms with van der Waals surface area (Å²) in [5.74, 6) is -0.288. The van der Waals surface area contributed by atoms with Gasteiger partial charge in [0.1, 0.15) is 0 Å². The van der Waals surface area contributed by atoms with Gasteiger partial charge in [0.05, 0.1) is 12.7 Å². The fraction of sp³-hybridized carbons (Fsp3) is 0.300. The quantitative estimate of drug-likeness (QED) is 0.622. The molecule has 0 saturated carbocycles. The van der Waals surface area contributed by atoms with Crippen LogP contribution in [0.4, 0.5) is 0 Å². The molecule has 63 valence electrons. The molecule has 0 aliphatic heterocycles. The Kier molecular flexibility index (Phi) is 2.86. The van der Waals surface area contributed by atoms with Gasteiger partial charge in [0.25, 0.3) is 0 Å². The van der Waals surface area contributed by atoms with Crippen LogP contribution in [0.15, 0.2) is 18.2 Å². The number of hydrogen-bond acceptors (Lipinski definition) is 2. The highest BCUT2D eigenvalue weighted by molar-refractivity contribution is 5.90. The third-order valence-electron chi connectivity index (χ3n) is 1.70. The lowest BCUT2D eigenvalue weighted by atomic mass is 10.1. The van der Waals surface area contributed by atoms with E-state index in [1.807, 2.05) is 6.92 Å². The molecule has 1 rings (SSSR count). The zero-order valence-electron chi connectivity index (χ0n) is 7.26. The van der Waals surface area contributed by atoms with E-state index in [-0.39, 0.29) is 5.97 Å². The monoisotopic (exact) mass is 163 g/mol. The molecular formula is C10H11O2. The van der Waals surface area contributed by atoms with E-state index in [0.29, 0.717) is 5.56 Å². The highest BCUT2D eigenvalue weighted by atomic mass is 16.5. The molecule has 1 aromatic carbocycles. The van der Waals surface area contributed by atoms with Crippen molar-refractivity contribution in [3.63, 3.8) is 0 Å². The number of rotatable bonds is 2. The third-order valence-corrected chi connectivity index (χ3v) is 1.70. The largest absolute Gasteiger partial charge is 0.465 e. The van der Waals surface area contributed by atoms with E-state index in [1.165, 1.54) is 7.11 Å². The minimum atomic E-state index is -0.288. The van der Waals surface area contributed by atoms with Gasteiger partial charge in [-0.3, -0.25) is 0 Å². The summed E-state index contributed by atoms with van der Waals surface area (Å²) in [6.45, 7) is 1.98. The van der Waals surface area contributed by atoms with Gasteiger partial charge in [-0.2, -0.15) is 0 Å². The summed E-state index contributed by atoms with van der Waals surface area (Å²) in [7, 11) is 1.38. The first-order chi connectivity index (χ1) is 5.79. The van der Waals surface area contributed by atoms with Crippen LogP contribution in [-0.2, 0) is 11.2 Å². The summed E-state index contributed by atoms with van der Waals surface area (Å²) in [6, 6.07) is 8.33. The summed E-state index contributed by atoms with van der Waals surface area (Å²) in [5, 5.41) is 0. The maximum atomic E-state index is 11.2. The summed E-state index contributed by atoms with van der Waals surface area (Å²) < 4.78 is 4.62. The van der Waals surface area contributed by atoms with Crippen molar-refractivity contribution in [1.29, 1.82) is 0 Å². The second-order valence-corrected chi connectivity index (χ2v) is 2.41. The molecule has 2 heteroatoms. The number of aryl methyl sites for hydroxylation is 1. The van der Waals surface area contributed by atoms with Crippen LogP contribution in [-0.4, -0.2) is 13.1 Å². The van der Waals surface area contributed by atoms with E-state index < -0.39 is 0 Å². The van der Waals surface area contributed by atoms with Gasteiger partial charge in [0, 0.05) is 0 Å². The number of ether oxygens (including phenoxy) is 1. The summed E-state index contributed by atoms with van der Waals surface area (Å²) in [6.07, 6.45) is 0.797. The van der Waals surface area contributed by atoms with Gasteiger partial charge in [0.2, 0.25) is 0 Å². The molecule has 0 saturated heterocycles. The molecule has 0 aliphatic rings. The van der Waals surface area contributed by atoms with Crippen LogP contribution in [0.2, 0.25) is 0 Å². The lowest BCUT2D eigenvalue weighted by Gasteiger charge is -2.03. The van der Waals surface area contributed by atoms with Gasteiger partial charge in [0.15, 0.2) is 0 Å². The van der Waals surface area contributed by atoms with E-state index >= 15 is 0 Å². The number of benzene rings is 1. The standard InChI is InChI=1S/C10H11O2/c1-3-8-6-4-5-7-9(8)10(11)12-2/h4-5,7H,3H2,1-2H3. The molecule has 1 aromatic rings. The maximum absolute atomic E-state index is 11.2. The summed E-state index contributed by atoms with van der Waals surface area (Å²) in [4.78, 5) is 11.2. The van der Waals surface area contributed by atoms with Crippen LogP contribution < -0.4 is 0 Å². The van der Waals surface area contributed by atoms with E-state index in [1.54, 1.807) is 18.2 Å². The first-order valence-corrected chi connectivity index (χ1v) is 3.87. The highest BCUT2D eigenvalue weighted by Crippen LogP contribution is 2.09. The van der Waals surface area contributed by atoms with E-state index in [2.05, 4.69) is 10.8 Å². The van der Waals surface area contributed by atoms with Crippen LogP contribution in [0, 0.1) is 6.07 Å². The van der Waals surface area contributed by atoms with Crippen molar-refractivity contribution in [2.24, 2.45) is 0 Å². The Hall–Kier alpha value is -1.31. The summed E-state index contributed by atoms with van der Waals surface area (Å²) >= 11 is 0. The molecule has 0 bridgehead atoms. The van der Waals surface area contributed by atoms with Gasteiger partial charge >= 0.3 is 5.97 Å². The zero-order valence-corrected chi connectivity index (χ0v) is 7.26. The minimum Gasteiger partial charge on any atom is -0.465 e. The van der Waals surface area contributed by atoms with Crippen LogP contribution in [0.3, 0.4) is 0 Å². The molecule has 0 fully saturated rings. The van der Waals surface area contributed by atoms with Gasteiger partial charge in [-0.15, -0.1) is 0 Å². The molecule has 0 unspecified atom stereocenters. The number of esters is 1. The molecule has 0 aromatic heterocycles. The van der Waals surface area contributed by atoms with Crippen LogP contribution in [0.25, 0.3) is 0 Å². The molecule has 0 N–H and O–H groups in total. The second kappa shape index (κ2) is 3.90. The Labute approximate surface area is 72.2 Å². The Bertz CT molecular complexity index is 279. The number of methoxy groups -OCH3 is 1. The molecule has 0 spiro atoms. The second-order valence-electron chi connectivity index (χ2n) is 2.41. The smallest absolute Gasteiger partial charge is 0.338 e. The normalized spacial score (nSPS) is 9.50. The lowest BCUT2D eigenvalue weighted by Crippen LogP contribution is -2.04. The predicted octanol–water partition coefficient (Wildman–Crippen LogP) is 1.84. The molecule has 0 amide bonds. The fourth-order valence-electron chi connectivity index (χ4n) is 1.07. The van der Waals surface area contributed by atoms with E-state index in [0.717, 1.165) is 12.0 Å². The SMILES string of the molecule is CCc1[c]cccc1C(=O)OC. The van der Waals surface area contributed by atoms with Crippen LogP contribution >= 0.6 is 0 Å². The first-order valence-electron chi connectivity index (χ1n) is 3.87. The number of carbonyl (C=O) groups is 1. The van der Waals surface area contributed by atoms with Crippen molar-refractivity contribution in [2.45, 2.75) is 13.3 Å².